The summed E-state index contributed by atoms with van der Waals surface area (Å²) in [4.78, 5) is 33.7. The lowest BCUT2D eigenvalue weighted by Gasteiger charge is -2.07. The number of aryl methyl sites for hydroxylation is 1. The number of carbonyl (C=O) groups excluding carboxylic acids is 2. The number of nitro groups is 1. The van der Waals surface area contributed by atoms with E-state index in [1.165, 1.54) is 24.3 Å². The van der Waals surface area contributed by atoms with Gasteiger partial charge in [-0.25, -0.2) is 4.79 Å². The van der Waals surface area contributed by atoms with Crippen LogP contribution in [0.15, 0.2) is 48.5 Å². The number of ketones is 1. The Morgan fingerprint density at radius 2 is 1.67 bits per heavy atom. The van der Waals surface area contributed by atoms with Gasteiger partial charge in [0.25, 0.3) is 5.69 Å². The molecule has 0 aromatic heterocycles. The summed E-state index contributed by atoms with van der Waals surface area (Å²) in [6.07, 6.45) is 0.191. The molecule has 0 radical (unpaired) electrons. The number of Topliss-reactive ketones (excluding diaryl/α,β-unsaturated/α-hetero) is 1. The standard InChI is InChI=1S/C17H17N3O4/c1-12-2-4-13(5-3-12)16(21)10-11-18-17(22)19-14-6-8-15(9-7-14)20(23)24/h2-9H,10-11H2,1H3,(H2,18,19,22). The molecule has 0 aliphatic rings. The van der Waals surface area contributed by atoms with Gasteiger partial charge < -0.3 is 10.6 Å². The first-order valence-corrected chi connectivity index (χ1v) is 7.35. The molecule has 2 aromatic carbocycles. The van der Waals surface area contributed by atoms with Crippen molar-refractivity contribution in [2.24, 2.45) is 0 Å². The van der Waals surface area contributed by atoms with Crippen molar-refractivity contribution in [3.8, 4) is 0 Å². The molecule has 0 aliphatic carbocycles. The zero-order valence-electron chi connectivity index (χ0n) is 13.1. The van der Waals surface area contributed by atoms with Gasteiger partial charge in [0.2, 0.25) is 0 Å². The maximum absolute atomic E-state index is 12.0. The van der Waals surface area contributed by atoms with Gasteiger partial charge in [0.1, 0.15) is 0 Å². The number of non-ortho nitro benzene ring substituents is 1. The van der Waals surface area contributed by atoms with Crippen molar-refractivity contribution in [3.63, 3.8) is 0 Å². The Balaban J connectivity index is 1.77. The Kier molecular flexibility index (Phi) is 5.62. The van der Waals surface area contributed by atoms with E-state index in [2.05, 4.69) is 10.6 Å². The topological polar surface area (TPSA) is 101 Å². The lowest BCUT2D eigenvalue weighted by molar-refractivity contribution is -0.384. The normalized spacial score (nSPS) is 10.0. The minimum absolute atomic E-state index is 0.0503. The number of nitrogens with zero attached hydrogens (tertiary/aromatic N) is 1. The molecule has 2 amide bonds. The van der Waals surface area contributed by atoms with Crippen LogP contribution in [0.1, 0.15) is 22.3 Å². The number of hydrogen-bond acceptors (Lipinski definition) is 4. The van der Waals surface area contributed by atoms with Gasteiger partial charge in [0.15, 0.2) is 5.78 Å². The molecule has 0 saturated carbocycles. The van der Waals surface area contributed by atoms with Gasteiger partial charge in [-0.05, 0) is 19.1 Å². The third-order valence-corrected chi connectivity index (χ3v) is 3.35. The highest BCUT2D eigenvalue weighted by molar-refractivity contribution is 5.96. The first-order chi connectivity index (χ1) is 11.5. The van der Waals surface area contributed by atoms with E-state index in [9.17, 15) is 19.7 Å². The van der Waals surface area contributed by atoms with Crippen LogP contribution in [0.3, 0.4) is 0 Å². The van der Waals surface area contributed by atoms with E-state index in [-0.39, 0.29) is 24.4 Å². The van der Waals surface area contributed by atoms with Crippen LogP contribution in [0.5, 0.6) is 0 Å². The van der Waals surface area contributed by atoms with Crippen molar-refractivity contribution < 1.29 is 14.5 Å². The summed E-state index contributed by atoms with van der Waals surface area (Å²) in [5.41, 5.74) is 2.07. The second kappa shape index (κ2) is 7.87. The highest BCUT2D eigenvalue weighted by Gasteiger charge is 2.08. The van der Waals surface area contributed by atoms with E-state index in [1.54, 1.807) is 12.1 Å². The highest BCUT2D eigenvalue weighted by Crippen LogP contribution is 2.15. The van der Waals surface area contributed by atoms with Gasteiger partial charge in [-0.3, -0.25) is 14.9 Å². The molecule has 24 heavy (non-hydrogen) atoms. The number of rotatable bonds is 6. The minimum Gasteiger partial charge on any atom is -0.337 e. The molecular formula is C17H17N3O4. The van der Waals surface area contributed by atoms with Crippen LogP contribution in [0.25, 0.3) is 0 Å². The summed E-state index contributed by atoms with van der Waals surface area (Å²) in [5, 5.41) is 15.7. The van der Waals surface area contributed by atoms with Gasteiger partial charge in [-0.15, -0.1) is 0 Å². The summed E-state index contributed by atoms with van der Waals surface area (Å²) in [7, 11) is 0. The Hall–Kier alpha value is -3.22. The number of hydrogen-bond donors (Lipinski definition) is 2. The molecule has 2 rings (SSSR count). The number of benzene rings is 2. The average molecular weight is 327 g/mol. The van der Waals surface area contributed by atoms with Crippen LogP contribution >= 0.6 is 0 Å². The molecule has 0 saturated heterocycles. The van der Waals surface area contributed by atoms with Crippen molar-refractivity contribution in [1.82, 2.24) is 5.32 Å². The van der Waals surface area contributed by atoms with Gasteiger partial charge in [0, 0.05) is 36.3 Å². The molecule has 0 heterocycles. The van der Waals surface area contributed by atoms with Gasteiger partial charge in [-0.1, -0.05) is 29.8 Å². The summed E-state index contributed by atoms with van der Waals surface area (Å²) >= 11 is 0. The van der Waals surface area contributed by atoms with Crippen molar-refractivity contribution in [3.05, 3.63) is 69.8 Å². The predicted octanol–water partition coefficient (Wildman–Crippen LogP) is 3.30. The van der Waals surface area contributed by atoms with Crippen LogP contribution in [-0.2, 0) is 0 Å². The van der Waals surface area contributed by atoms with Gasteiger partial charge in [0.05, 0.1) is 4.92 Å². The molecule has 0 spiro atoms. The molecule has 0 unspecified atom stereocenters. The molecule has 2 aromatic rings. The maximum atomic E-state index is 12.0. The van der Waals surface area contributed by atoms with Crippen LogP contribution < -0.4 is 10.6 Å². The molecule has 0 atom stereocenters. The molecule has 124 valence electrons. The van der Waals surface area contributed by atoms with Crippen LogP contribution in [0.4, 0.5) is 16.2 Å². The van der Waals surface area contributed by atoms with E-state index in [1.807, 2.05) is 19.1 Å². The highest BCUT2D eigenvalue weighted by atomic mass is 16.6. The van der Waals surface area contributed by atoms with Gasteiger partial charge >= 0.3 is 6.03 Å². The second-order valence-corrected chi connectivity index (χ2v) is 5.22. The first-order valence-electron chi connectivity index (χ1n) is 7.35. The Morgan fingerprint density at radius 3 is 2.25 bits per heavy atom. The molecule has 0 aliphatic heterocycles. The quantitative estimate of drug-likeness (QED) is 0.483. The molecule has 7 nitrogen and oxygen atoms in total. The Labute approximate surface area is 138 Å². The monoisotopic (exact) mass is 327 g/mol. The smallest absolute Gasteiger partial charge is 0.319 e. The largest absolute Gasteiger partial charge is 0.337 e. The summed E-state index contributed by atoms with van der Waals surface area (Å²) < 4.78 is 0. The second-order valence-electron chi connectivity index (χ2n) is 5.22. The number of urea groups is 1. The number of nitro benzene ring substituents is 1. The number of carbonyl (C=O) groups is 2. The first kappa shape index (κ1) is 17.1. The predicted molar refractivity (Wildman–Crippen MR) is 90.2 cm³/mol. The molecule has 7 heteroatoms. The maximum Gasteiger partial charge on any atom is 0.319 e. The van der Waals surface area contributed by atoms with Crippen molar-refractivity contribution in [1.29, 1.82) is 0 Å². The molecule has 2 N–H and O–H groups in total. The SMILES string of the molecule is Cc1ccc(C(=O)CCNC(=O)Nc2ccc([N+](=O)[O-])cc2)cc1. The Bertz CT molecular complexity index is 739. The van der Waals surface area contributed by atoms with E-state index in [0.29, 0.717) is 11.3 Å². The van der Waals surface area contributed by atoms with Crippen molar-refractivity contribution >= 4 is 23.2 Å². The number of anilines is 1. The van der Waals surface area contributed by atoms with Gasteiger partial charge in [-0.2, -0.15) is 0 Å². The number of amides is 2. The summed E-state index contributed by atoms with van der Waals surface area (Å²) in [6.45, 7) is 2.14. The summed E-state index contributed by atoms with van der Waals surface area (Å²) in [5.74, 6) is -0.0503. The average Bonchev–Trinajstić information content (AvgIpc) is 2.55. The van der Waals surface area contributed by atoms with Crippen LogP contribution in [0.2, 0.25) is 0 Å². The zero-order valence-corrected chi connectivity index (χ0v) is 13.1. The van der Waals surface area contributed by atoms with Crippen molar-refractivity contribution in [2.75, 3.05) is 11.9 Å². The van der Waals surface area contributed by atoms with Crippen LogP contribution in [-0.4, -0.2) is 23.3 Å². The lowest BCUT2D eigenvalue weighted by atomic mass is 10.1. The summed E-state index contributed by atoms with van der Waals surface area (Å²) in [6, 6.07) is 12.3. The minimum atomic E-state index is -0.513. The molecule has 0 bridgehead atoms. The van der Waals surface area contributed by atoms with E-state index in [4.69, 9.17) is 0 Å². The zero-order chi connectivity index (χ0) is 17.5. The van der Waals surface area contributed by atoms with E-state index < -0.39 is 11.0 Å². The van der Waals surface area contributed by atoms with E-state index in [0.717, 1.165) is 5.56 Å². The molecule has 0 fully saturated rings. The van der Waals surface area contributed by atoms with E-state index >= 15 is 0 Å². The fraction of sp³-hybridized carbons (Fsp3) is 0.176. The third-order valence-electron chi connectivity index (χ3n) is 3.35. The van der Waals surface area contributed by atoms with Crippen LogP contribution in [0, 0.1) is 17.0 Å². The fourth-order valence-corrected chi connectivity index (χ4v) is 2.02. The van der Waals surface area contributed by atoms with Crippen molar-refractivity contribution in [2.45, 2.75) is 13.3 Å². The number of nitrogens with one attached hydrogen (secondary N) is 2. The Morgan fingerprint density at radius 1 is 1.04 bits per heavy atom. The molecular weight excluding hydrogens is 310 g/mol. The third kappa shape index (κ3) is 4.91. The fourth-order valence-electron chi connectivity index (χ4n) is 2.02. The lowest BCUT2D eigenvalue weighted by Crippen LogP contribution is -2.30.